The van der Waals surface area contributed by atoms with Crippen LogP contribution < -0.4 is 14.4 Å². The van der Waals surface area contributed by atoms with E-state index in [0.29, 0.717) is 29.3 Å². The van der Waals surface area contributed by atoms with Crippen LogP contribution in [0.25, 0.3) is 0 Å². The lowest BCUT2D eigenvalue weighted by atomic mass is 10.1. The first kappa shape index (κ1) is 22.3. The summed E-state index contributed by atoms with van der Waals surface area (Å²) in [5, 5.41) is 2.79. The first-order valence-electron chi connectivity index (χ1n) is 9.64. The second kappa shape index (κ2) is 9.61. The van der Waals surface area contributed by atoms with Crippen LogP contribution >= 0.6 is 0 Å². The van der Waals surface area contributed by atoms with Crippen LogP contribution in [0.3, 0.4) is 0 Å². The molecule has 0 radical (unpaired) electrons. The Morgan fingerprint density at radius 3 is 2.29 bits per heavy atom. The first-order valence-corrected chi connectivity index (χ1v) is 11.5. The Morgan fingerprint density at radius 2 is 1.65 bits per heavy atom. The number of halogens is 1. The zero-order chi connectivity index (χ0) is 22.4. The van der Waals surface area contributed by atoms with Gasteiger partial charge in [0.2, 0.25) is 10.0 Å². The third-order valence-corrected chi connectivity index (χ3v) is 5.67. The quantitative estimate of drug-likeness (QED) is 0.560. The van der Waals surface area contributed by atoms with Crippen molar-refractivity contribution in [2.24, 2.45) is 0 Å². The highest BCUT2D eigenvalue weighted by Crippen LogP contribution is 2.26. The van der Waals surface area contributed by atoms with Crippen LogP contribution in [0.15, 0.2) is 72.8 Å². The smallest absolute Gasteiger partial charge is 0.255 e. The molecule has 0 saturated carbocycles. The van der Waals surface area contributed by atoms with E-state index in [9.17, 15) is 17.6 Å². The molecule has 3 aromatic carbocycles. The van der Waals surface area contributed by atoms with E-state index in [1.807, 2.05) is 13.0 Å². The van der Waals surface area contributed by atoms with Gasteiger partial charge in [-0.2, -0.15) is 0 Å². The van der Waals surface area contributed by atoms with Gasteiger partial charge in [-0.05, 0) is 49.4 Å². The van der Waals surface area contributed by atoms with Gasteiger partial charge in [0.1, 0.15) is 11.6 Å². The van der Waals surface area contributed by atoms with Crippen LogP contribution in [0.4, 0.5) is 15.8 Å². The molecule has 0 aliphatic rings. The van der Waals surface area contributed by atoms with Gasteiger partial charge in [0.25, 0.3) is 5.91 Å². The maximum atomic E-state index is 14.0. The summed E-state index contributed by atoms with van der Waals surface area (Å²) in [4.78, 5) is 12.6. The van der Waals surface area contributed by atoms with Crippen molar-refractivity contribution in [1.29, 1.82) is 0 Å². The summed E-state index contributed by atoms with van der Waals surface area (Å²) in [6.45, 7) is 2.16. The molecule has 0 spiro atoms. The van der Waals surface area contributed by atoms with Crippen molar-refractivity contribution in [3.63, 3.8) is 0 Å². The van der Waals surface area contributed by atoms with Gasteiger partial charge in [0, 0.05) is 11.1 Å². The average Bonchev–Trinajstić information content (AvgIpc) is 2.74. The maximum absolute atomic E-state index is 14.0. The Balaban J connectivity index is 1.82. The Bertz CT molecular complexity index is 1160. The fraction of sp³-hybridized carbons (Fsp3) is 0.174. The molecule has 0 bridgehead atoms. The van der Waals surface area contributed by atoms with Crippen molar-refractivity contribution >= 4 is 27.3 Å². The minimum Gasteiger partial charge on any atom is -0.492 e. The number of para-hydroxylation sites is 2. The summed E-state index contributed by atoms with van der Waals surface area (Å²) in [6, 6.07) is 19.2. The van der Waals surface area contributed by atoms with E-state index in [1.165, 1.54) is 36.4 Å². The summed E-state index contributed by atoms with van der Waals surface area (Å²) in [7, 11) is -3.68. The minimum atomic E-state index is -3.68. The molecule has 6 nitrogen and oxygen atoms in total. The summed E-state index contributed by atoms with van der Waals surface area (Å²) in [5.74, 6) is -0.290. The second-order valence-corrected chi connectivity index (χ2v) is 8.70. The highest BCUT2D eigenvalue weighted by Gasteiger charge is 2.20. The number of hydrogen-bond donors (Lipinski definition) is 1. The SMILES string of the molecule is CCOc1ccccc1NC(=O)c1ccc(N(Cc2ccccc2F)S(C)(=O)=O)cc1. The fourth-order valence-electron chi connectivity index (χ4n) is 3.01. The van der Waals surface area contributed by atoms with E-state index in [4.69, 9.17) is 4.74 Å². The minimum absolute atomic E-state index is 0.154. The normalized spacial score (nSPS) is 11.1. The molecule has 3 aromatic rings. The monoisotopic (exact) mass is 442 g/mol. The number of sulfonamides is 1. The molecule has 0 aliphatic carbocycles. The number of benzene rings is 3. The molecule has 0 aromatic heterocycles. The molecular weight excluding hydrogens is 419 g/mol. The number of anilines is 2. The molecule has 31 heavy (non-hydrogen) atoms. The van der Waals surface area contributed by atoms with Gasteiger partial charge in [0.15, 0.2) is 0 Å². The molecule has 0 unspecified atom stereocenters. The molecule has 8 heteroatoms. The second-order valence-electron chi connectivity index (χ2n) is 6.79. The van der Waals surface area contributed by atoms with Gasteiger partial charge in [0.05, 0.1) is 30.8 Å². The van der Waals surface area contributed by atoms with E-state index >= 15 is 0 Å². The van der Waals surface area contributed by atoms with E-state index in [1.54, 1.807) is 30.3 Å². The molecule has 0 saturated heterocycles. The molecule has 3 rings (SSSR count). The largest absolute Gasteiger partial charge is 0.492 e. The van der Waals surface area contributed by atoms with Crippen LogP contribution in [0.2, 0.25) is 0 Å². The van der Waals surface area contributed by atoms with E-state index in [2.05, 4.69) is 5.32 Å². The summed E-state index contributed by atoms with van der Waals surface area (Å²) >= 11 is 0. The zero-order valence-corrected chi connectivity index (χ0v) is 18.0. The average molecular weight is 443 g/mol. The van der Waals surface area contributed by atoms with Gasteiger partial charge in [-0.25, -0.2) is 12.8 Å². The number of rotatable bonds is 8. The number of nitrogens with one attached hydrogen (secondary N) is 1. The maximum Gasteiger partial charge on any atom is 0.255 e. The van der Waals surface area contributed by atoms with Crippen LogP contribution in [0, 0.1) is 5.82 Å². The Kier molecular flexibility index (Phi) is 6.91. The number of carbonyl (C=O) groups excluding carboxylic acids is 1. The zero-order valence-electron chi connectivity index (χ0n) is 17.2. The molecule has 0 heterocycles. The number of ether oxygens (including phenoxy) is 1. The molecule has 0 fully saturated rings. The molecule has 1 N–H and O–H groups in total. The molecular formula is C23H23FN2O4S. The standard InChI is InChI=1S/C23H23FN2O4S/c1-3-30-22-11-7-6-10-21(22)25-23(27)17-12-14-19(15-13-17)26(31(2,28)29)16-18-8-4-5-9-20(18)24/h4-15H,3,16H2,1-2H3,(H,25,27). The van der Waals surface area contributed by atoms with Crippen molar-refractivity contribution in [1.82, 2.24) is 0 Å². The van der Waals surface area contributed by atoms with Gasteiger partial charge >= 0.3 is 0 Å². The lowest BCUT2D eigenvalue weighted by Gasteiger charge is -2.23. The predicted octanol–water partition coefficient (Wildman–Crippen LogP) is 4.44. The Morgan fingerprint density at radius 1 is 1.00 bits per heavy atom. The third kappa shape index (κ3) is 5.61. The van der Waals surface area contributed by atoms with Crippen molar-refractivity contribution in [2.45, 2.75) is 13.5 Å². The molecule has 162 valence electrons. The Hall–Kier alpha value is -3.39. The van der Waals surface area contributed by atoms with Crippen LogP contribution in [-0.2, 0) is 16.6 Å². The Labute approximate surface area is 181 Å². The number of amides is 1. The fourth-order valence-corrected chi connectivity index (χ4v) is 3.88. The first-order chi connectivity index (χ1) is 14.8. The molecule has 0 aliphatic heterocycles. The van der Waals surface area contributed by atoms with Gasteiger partial charge in [-0.15, -0.1) is 0 Å². The topological polar surface area (TPSA) is 75.7 Å². The van der Waals surface area contributed by atoms with Gasteiger partial charge in [-0.1, -0.05) is 30.3 Å². The van der Waals surface area contributed by atoms with E-state index in [-0.39, 0.29) is 18.0 Å². The number of nitrogens with zero attached hydrogens (tertiary/aromatic N) is 1. The van der Waals surface area contributed by atoms with Gasteiger partial charge < -0.3 is 10.1 Å². The highest BCUT2D eigenvalue weighted by atomic mass is 32.2. The van der Waals surface area contributed by atoms with Crippen LogP contribution in [0.1, 0.15) is 22.8 Å². The van der Waals surface area contributed by atoms with Crippen molar-refractivity contribution < 1.29 is 22.3 Å². The number of hydrogen-bond acceptors (Lipinski definition) is 4. The highest BCUT2D eigenvalue weighted by molar-refractivity contribution is 7.92. The van der Waals surface area contributed by atoms with E-state index in [0.717, 1.165) is 10.6 Å². The predicted molar refractivity (Wildman–Crippen MR) is 119 cm³/mol. The van der Waals surface area contributed by atoms with Crippen LogP contribution in [0.5, 0.6) is 5.75 Å². The summed E-state index contributed by atoms with van der Waals surface area (Å²) < 4.78 is 45.3. The summed E-state index contributed by atoms with van der Waals surface area (Å²) in [6.07, 6.45) is 1.05. The van der Waals surface area contributed by atoms with Crippen molar-refractivity contribution in [2.75, 3.05) is 22.5 Å². The molecule has 1 amide bonds. The lowest BCUT2D eigenvalue weighted by Crippen LogP contribution is -2.29. The van der Waals surface area contributed by atoms with Crippen molar-refractivity contribution in [3.8, 4) is 5.75 Å². The van der Waals surface area contributed by atoms with Crippen molar-refractivity contribution in [3.05, 3.63) is 89.7 Å². The third-order valence-electron chi connectivity index (χ3n) is 4.52. The summed E-state index contributed by atoms with van der Waals surface area (Å²) in [5.41, 5.74) is 1.46. The number of carbonyl (C=O) groups is 1. The van der Waals surface area contributed by atoms with Gasteiger partial charge in [-0.3, -0.25) is 9.10 Å². The molecule has 0 atom stereocenters. The van der Waals surface area contributed by atoms with Crippen LogP contribution in [-0.4, -0.2) is 27.2 Å². The lowest BCUT2D eigenvalue weighted by molar-refractivity contribution is 0.102. The van der Waals surface area contributed by atoms with E-state index < -0.39 is 15.8 Å².